The van der Waals surface area contributed by atoms with Gasteiger partial charge in [-0.25, -0.2) is 14.4 Å². The third-order valence-corrected chi connectivity index (χ3v) is 4.39. The Hall–Kier alpha value is -2.81. The van der Waals surface area contributed by atoms with Crippen molar-refractivity contribution in [2.45, 2.75) is 65.1 Å². The molecule has 1 aromatic rings. The number of hydrogen-bond acceptors (Lipinski definition) is 6. The van der Waals surface area contributed by atoms with Crippen molar-refractivity contribution in [2.24, 2.45) is 0 Å². The quantitative estimate of drug-likeness (QED) is 0.394. The lowest BCUT2D eigenvalue weighted by atomic mass is 10.1. The first-order valence-electron chi connectivity index (χ1n) is 10.9. The Labute approximate surface area is 190 Å². The van der Waals surface area contributed by atoms with Crippen LogP contribution >= 0.6 is 0 Å². The van der Waals surface area contributed by atoms with E-state index in [-0.39, 0.29) is 6.04 Å². The Morgan fingerprint density at radius 3 is 2.38 bits per heavy atom. The molecule has 0 aromatic heterocycles. The van der Waals surface area contributed by atoms with Crippen LogP contribution in [0.4, 0.5) is 9.59 Å². The normalized spacial score (nSPS) is 12.2. The summed E-state index contributed by atoms with van der Waals surface area (Å²) >= 11 is 0. The second-order valence-electron chi connectivity index (χ2n) is 8.70. The number of nitrogens with one attached hydrogen (secondary N) is 2. The van der Waals surface area contributed by atoms with Crippen molar-refractivity contribution < 1.29 is 29.0 Å². The van der Waals surface area contributed by atoms with Crippen LogP contribution in [0.15, 0.2) is 30.3 Å². The molecule has 0 aliphatic heterocycles. The van der Waals surface area contributed by atoms with Gasteiger partial charge in [0.05, 0.1) is 0 Å². The van der Waals surface area contributed by atoms with Crippen LogP contribution in [-0.2, 0) is 20.8 Å². The number of amides is 2. The van der Waals surface area contributed by atoms with Gasteiger partial charge in [0.25, 0.3) is 0 Å². The van der Waals surface area contributed by atoms with Crippen LogP contribution in [0.5, 0.6) is 0 Å². The van der Waals surface area contributed by atoms with Crippen molar-refractivity contribution in [3.63, 3.8) is 0 Å². The van der Waals surface area contributed by atoms with Crippen molar-refractivity contribution in [3.05, 3.63) is 35.9 Å². The summed E-state index contributed by atoms with van der Waals surface area (Å²) in [6, 6.07) is 10.1. The number of nitrogens with zero attached hydrogens (tertiary/aromatic N) is 1. The summed E-state index contributed by atoms with van der Waals surface area (Å²) in [5.74, 6) is -1.19. The van der Waals surface area contributed by atoms with Crippen molar-refractivity contribution in [2.75, 3.05) is 26.2 Å². The molecule has 0 radical (unpaired) electrons. The smallest absolute Gasteiger partial charge is 0.407 e. The predicted octanol–water partition coefficient (Wildman–Crippen LogP) is 3.38. The number of benzene rings is 1. The van der Waals surface area contributed by atoms with E-state index in [1.807, 2.05) is 45.9 Å². The molecule has 1 atom stereocenters. The van der Waals surface area contributed by atoms with Gasteiger partial charge in [0.15, 0.2) is 6.61 Å². The zero-order chi connectivity index (χ0) is 24.0. The number of aliphatic carboxylic acids is 1. The third-order valence-electron chi connectivity index (χ3n) is 4.39. The van der Waals surface area contributed by atoms with Crippen LogP contribution in [0.2, 0.25) is 0 Å². The molecule has 1 aromatic carbocycles. The molecule has 0 heterocycles. The number of rotatable bonds is 13. The van der Waals surface area contributed by atoms with Gasteiger partial charge in [-0.15, -0.1) is 0 Å². The molecule has 0 bridgehead atoms. The van der Waals surface area contributed by atoms with E-state index >= 15 is 0 Å². The third kappa shape index (κ3) is 14.2. The summed E-state index contributed by atoms with van der Waals surface area (Å²) < 4.78 is 9.84. The van der Waals surface area contributed by atoms with Gasteiger partial charge in [-0.3, -0.25) is 4.90 Å². The van der Waals surface area contributed by atoms with Gasteiger partial charge in [-0.2, -0.15) is 0 Å². The van der Waals surface area contributed by atoms with Gasteiger partial charge < -0.3 is 25.2 Å². The molecule has 9 heteroatoms. The fraction of sp³-hybridized carbons (Fsp3) is 0.609. The lowest BCUT2D eigenvalue weighted by molar-refractivity contribution is -0.140. The summed E-state index contributed by atoms with van der Waals surface area (Å²) in [5.41, 5.74) is 0.674. The Kier molecular flexibility index (Phi) is 12.2. The molecular weight excluding hydrogens is 414 g/mol. The second kappa shape index (κ2) is 14.3. The summed E-state index contributed by atoms with van der Waals surface area (Å²) in [5, 5.41) is 13.9. The van der Waals surface area contributed by atoms with Crippen molar-refractivity contribution in [1.29, 1.82) is 0 Å². The standard InChI is InChI=1S/C23H37N3O6/c1-18(25-22(30)32-23(2,3)4)12-15-26(16-19-10-6-5-7-11-19)14-9-8-13-24-21(29)31-17-20(27)28/h5-7,10-11,18H,8-9,12-17H2,1-4H3,(H,24,29)(H,25,30)(H,27,28). The minimum Gasteiger partial charge on any atom is -0.479 e. The van der Waals surface area contributed by atoms with Crippen LogP contribution in [0.1, 0.15) is 52.5 Å². The molecule has 180 valence electrons. The van der Waals surface area contributed by atoms with E-state index in [2.05, 4.69) is 32.4 Å². The molecule has 2 amide bonds. The van der Waals surface area contributed by atoms with Crippen molar-refractivity contribution in [1.82, 2.24) is 15.5 Å². The van der Waals surface area contributed by atoms with Gasteiger partial charge in [0.1, 0.15) is 5.60 Å². The first-order chi connectivity index (χ1) is 15.0. The maximum absolute atomic E-state index is 12.0. The SMILES string of the molecule is CC(CCN(CCCCNC(=O)OCC(=O)O)Cc1ccccc1)NC(=O)OC(C)(C)C. The highest BCUT2D eigenvalue weighted by Gasteiger charge is 2.18. The van der Waals surface area contributed by atoms with E-state index in [0.29, 0.717) is 6.54 Å². The minimum atomic E-state index is -1.19. The van der Waals surface area contributed by atoms with Crippen LogP contribution in [0.3, 0.4) is 0 Å². The van der Waals surface area contributed by atoms with E-state index in [4.69, 9.17) is 9.84 Å². The summed E-state index contributed by atoms with van der Waals surface area (Å²) in [7, 11) is 0. The van der Waals surface area contributed by atoms with Gasteiger partial charge >= 0.3 is 18.2 Å². The van der Waals surface area contributed by atoms with Crippen LogP contribution in [0, 0.1) is 0 Å². The monoisotopic (exact) mass is 451 g/mol. The number of carbonyl (C=O) groups excluding carboxylic acids is 2. The van der Waals surface area contributed by atoms with Gasteiger partial charge in [0, 0.05) is 25.7 Å². The molecule has 0 saturated heterocycles. The van der Waals surface area contributed by atoms with E-state index in [0.717, 1.165) is 38.9 Å². The van der Waals surface area contributed by atoms with Crippen LogP contribution in [0.25, 0.3) is 0 Å². The first-order valence-corrected chi connectivity index (χ1v) is 10.9. The Balaban J connectivity index is 2.43. The highest BCUT2D eigenvalue weighted by molar-refractivity contribution is 5.74. The highest BCUT2D eigenvalue weighted by Crippen LogP contribution is 2.09. The maximum atomic E-state index is 12.0. The number of carboxylic acid groups (broad SMARTS) is 1. The number of carboxylic acids is 1. The molecule has 0 aliphatic rings. The summed E-state index contributed by atoms with van der Waals surface area (Å²) in [6.45, 7) is 9.62. The Bertz CT molecular complexity index is 705. The number of alkyl carbamates (subject to hydrolysis) is 2. The summed E-state index contributed by atoms with van der Waals surface area (Å²) in [6.07, 6.45) is 1.21. The molecule has 0 saturated carbocycles. The molecule has 1 rings (SSSR count). The van der Waals surface area contributed by atoms with E-state index in [9.17, 15) is 14.4 Å². The average Bonchev–Trinajstić information content (AvgIpc) is 2.69. The van der Waals surface area contributed by atoms with Gasteiger partial charge in [-0.05, 0) is 59.1 Å². The van der Waals surface area contributed by atoms with Gasteiger partial charge in [-0.1, -0.05) is 30.3 Å². The first kappa shape index (κ1) is 27.2. The fourth-order valence-electron chi connectivity index (χ4n) is 2.90. The minimum absolute atomic E-state index is 0.0335. The van der Waals surface area contributed by atoms with Crippen molar-refractivity contribution >= 4 is 18.2 Å². The zero-order valence-electron chi connectivity index (χ0n) is 19.6. The Morgan fingerprint density at radius 1 is 1.06 bits per heavy atom. The number of hydrogen-bond donors (Lipinski definition) is 3. The van der Waals surface area contributed by atoms with Gasteiger partial charge in [0.2, 0.25) is 0 Å². The van der Waals surface area contributed by atoms with Crippen LogP contribution < -0.4 is 10.6 Å². The number of ether oxygens (including phenoxy) is 2. The van der Waals surface area contributed by atoms with E-state index in [1.165, 1.54) is 5.56 Å². The molecule has 9 nitrogen and oxygen atoms in total. The molecular formula is C23H37N3O6. The fourth-order valence-corrected chi connectivity index (χ4v) is 2.90. The lowest BCUT2D eigenvalue weighted by Gasteiger charge is -2.25. The van der Waals surface area contributed by atoms with E-state index < -0.39 is 30.4 Å². The topological polar surface area (TPSA) is 117 Å². The largest absolute Gasteiger partial charge is 0.479 e. The summed E-state index contributed by atoms with van der Waals surface area (Å²) in [4.78, 5) is 36.1. The molecule has 0 aliphatic carbocycles. The molecule has 0 fully saturated rings. The lowest BCUT2D eigenvalue weighted by Crippen LogP contribution is -2.39. The van der Waals surface area contributed by atoms with E-state index in [1.54, 1.807) is 0 Å². The van der Waals surface area contributed by atoms with Crippen molar-refractivity contribution in [3.8, 4) is 0 Å². The number of carbonyl (C=O) groups is 3. The molecule has 3 N–H and O–H groups in total. The molecule has 0 spiro atoms. The Morgan fingerprint density at radius 2 is 1.75 bits per heavy atom. The second-order valence-corrected chi connectivity index (χ2v) is 8.70. The zero-order valence-corrected chi connectivity index (χ0v) is 19.6. The maximum Gasteiger partial charge on any atom is 0.407 e. The average molecular weight is 452 g/mol. The van der Waals surface area contributed by atoms with Crippen LogP contribution in [-0.4, -0.2) is 66.0 Å². The molecule has 1 unspecified atom stereocenters. The number of unbranched alkanes of at least 4 members (excludes halogenated alkanes) is 1. The molecule has 32 heavy (non-hydrogen) atoms. The highest BCUT2D eigenvalue weighted by atomic mass is 16.6. The predicted molar refractivity (Wildman–Crippen MR) is 121 cm³/mol.